The van der Waals surface area contributed by atoms with E-state index in [1.54, 1.807) is 12.1 Å². The van der Waals surface area contributed by atoms with Crippen molar-refractivity contribution in [3.63, 3.8) is 0 Å². The zero-order valence-corrected chi connectivity index (χ0v) is 17.5. The van der Waals surface area contributed by atoms with E-state index in [1.807, 2.05) is 89.4 Å². The van der Waals surface area contributed by atoms with Crippen LogP contribution in [0.3, 0.4) is 0 Å². The fraction of sp³-hybridized carbons (Fsp3) is 0.211. The number of phenolic OH excluding ortho intramolecular Hbond substituents is 1. The van der Waals surface area contributed by atoms with Gasteiger partial charge in [-0.1, -0.05) is 32.0 Å². The van der Waals surface area contributed by atoms with Gasteiger partial charge < -0.3 is 9.52 Å². The average Bonchev–Trinajstić information content (AvgIpc) is 3.01. The molecule has 0 saturated carbocycles. The van der Waals surface area contributed by atoms with Gasteiger partial charge in [-0.3, -0.25) is 4.79 Å². The van der Waals surface area contributed by atoms with Crippen molar-refractivity contribution < 1.29 is 14.3 Å². The fourth-order valence-electron chi connectivity index (χ4n) is 2.67. The first-order valence-electron chi connectivity index (χ1n) is 7.59. The Hall–Kier alpha value is -1.09. The molecular weight excluding hydrogens is 530 g/mol. The van der Waals surface area contributed by atoms with Crippen LogP contribution in [0.1, 0.15) is 35.9 Å². The highest BCUT2D eigenvalue weighted by atomic mass is 127. The maximum Gasteiger partial charge on any atom is 0.166 e. The van der Waals surface area contributed by atoms with Gasteiger partial charge in [0.05, 0.1) is 7.14 Å². The van der Waals surface area contributed by atoms with Crippen molar-refractivity contribution >= 4 is 61.9 Å². The molecule has 0 bridgehead atoms. The van der Waals surface area contributed by atoms with Crippen LogP contribution in [0.25, 0.3) is 11.0 Å². The van der Waals surface area contributed by atoms with Gasteiger partial charge >= 0.3 is 0 Å². The topological polar surface area (TPSA) is 50.4 Å². The normalized spacial score (nSPS) is 13.8. The summed E-state index contributed by atoms with van der Waals surface area (Å²) in [5.74, 6) is 0.848. The summed E-state index contributed by atoms with van der Waals surface area (Å²) in [6.07, 6.45) is 0. The van der Waals surface area contributed by atoms with E-state index >= 15 is 0 Å². The van der Waals surface area contributed by atoms with E-state index in [-0.39, 0.29) is 23.4 Å². The van der Waals surface area contributed by atoms with E-state index in [4.69, 9.17) is 4.42 Å². The highest BCUT2D eigenvalue weighted by Crippen LogP contribution is 2.33. The monoisotopic (exact) mass is 546 g/mol. The Bertz CT molecular complexity index is 858. The Labute approximate surface area is 167 Å². The van der Waals surface area contributed by atoms with E-state index in [1.165, 1.54) is 0 Å². The van der Waals surface area contributed by atoms with Crippen LogP contribution in [0.15, 0.2) is 46.9 Å². The third kappa shape index (κ3) is 3.33. The minimum Gasteiger partial charge on any atom is -0.506 e. The summed E-state index contributed by atoms with van der Waals surface area (Å²) < 4.78 is 7.28. The van der Waals surface area contributed by atoms with Crippen LogP contribution in [0.5, 0.6) is 5.75 Å². The Morgan fingerprint density at radius 3 is 2.33 bits per heavy atom. The lowest BCUT2D eigenvalue weighted by molar-refractivity contribution is 0.0910. The van der Waals surface area contributed by atoms with Gasteiger partial charge in [0.15, 0.2) is 5.78 Å². The van der Waals surface area contributed by atoms with Crippen LogP contribution in [0, 0.1) is 13.1 Å². The Morgan fingerprint density at radius 1 is 1.08 bits per heavy atom. The van der Waals surface area contributed by atoms with Gasteiger partial charge in [0.2, 0.25) is 0 Å². The summed E-state index contributed by atoms with van der Waals surface area (Å²) in [4.78, 5) is 12.9. The number of Topliss-reactive ketones (excluding diaryl/α,β-unsaturated/α-hetero) is 1. The molecule has 0 spiro atoms. The van der Waals surface area contributed by atoms with Gasteiger partial charge in [-0.2, -0.15) is 0 Å². The SMILES string of the molecule is C[C@@H](C(=O)c1cc(I)c(O)c(I)c1)[C@@H](C)c1cc2ccccc2o1. The number of aromatic hydroxyl groups is 1. The molecule has 3 aromatic rings. The molecule has 1 aromatic heterocycles. The summed E-state index contributed by atoms with van der Waals surface area (Å²) >= 11 is 4.09. The number of ketones is 1. The molecule has 0 amide bonds. The number of carbonyl (C=O) groups is 1. The minimum absolute atomic E-state index is 0.0333. The average molecular weight is 546 g/mol. The molecule has 0 unspecified atom stereocenters. The maximum atomic E-state index is 12.9. The highest BCUT2D eigenvalue weighted by molar-refractivity contribution is 14.1. The van der Waals surface area contributed by atoms with Crippen molar-refractivity contribution in [2.45, 2.75) is 19.8 Å². The van der Waals surface area contributed by atoms with Gasteiger partial charge in [-0.05, 0) is 69.4 Å². The molecule has 0 aliphatic rings. The lowest BCUT2D eigenvalue weighted by Gasteiger charge is -2.17. The lowest BCUT2D eigenvalue weighted by atomic mass is 9.87. The second-order valence-corrected chi connectivity index (χ2v) is 8.24. The van der Waals surface area contributed by atoms with Crippen LogP contribution in [0.2, 0.25) is 0 Å². The van der Waals surface area contributed by atoms with Gasteiger partial charge in [-0.25, -0.2) is 0 Å². The van der Waals surface area contributed by atoms with Gasteiger partial charge in [0.1, 0.15) is 17.1 Å². The first kappa shape index (κ1) is 17.7. The van der Waals surface area contributed by atoms with E-state index in [9.17, 15) is 9.90 Å². The molecule has 3 nitrogen and oxygen atoms in total. The van der Waals surface area contributed by atoms with Crippen LogP contribution in [0.4, 0.5) is 0 Å². The van der Waals surface area contributed by atoms with E-state index in [0.717, 1.165) is 16.7 Å². The second-order valence-electron chi connectivity index (χ2n) is 5.92. The number of hydrogen-bond donors (Lipinski definition) is 1. The molecule has 3 rings (SSSR count). The summed E-state index contributed by atoms with van der Waals surface area (Å²) in [6, 6.07) is 13.3. The third-order valence-corrected chi connectivity index (χ3v) is 6.00. The highest BCUT2D eigenvalue weighted by Gasteiger charge is 2.26. The van der Waals surface area contributed by atoms with Crippen LogP contribution in [-0.4, -0.2) is 10.9 Å². The minimum atomic E-state index is -0.221. The Balaban J connectivity index is 1.89. The van der Waals surface area contributed by atoms with Crippen LogP contribution < -0.4 is 0 Å². The number of para-hydroxylation sites is 1. The molecule has 124 valence electrons. The Kier molecular flexibility index (Phi) is 5.19. The Morgan fingerprint density at radius 2 is 1.71 bits per heavy atom. The van der Waals surface area contributed by atoms with Crippen molar-refractivity contribution in [2.75, 3.05) is 0 Å². The predicted molar refractivity (Wildman–Crippen MR) is 112 cm³/mol. The lowest BCUT2D eigenvalue weighted by Crippen LogP contribution is -2.18. The summed E-state index contributed by atoms with van der Waals surface area (Å²) in [5, 5.41) is 10.9. The van der Waals surface area contributed by atoms with Crippen LogP contribution in [-0.2, 0) is 0 Å². The number of phenols is 1. The maximum absolute atomic E-state index is 12.9. The number of carbonyl (C=O) groups excluding carboxylic acids is 1. The first-order chi connectivity index (χ1) is 11.4. The number of halogens is 2. The molecule has 0 fully saturated rings. The standard InChI is InChI=1S/C19H16I2O3/c1-10(17-9-12-5-3-4-6-16(12)24-17)11(2)18(22)13-7-14(20)19(23)15(21)8-13/h3-11,23H,1-2H3/t10-,11-/m1/s1. The van der Waals surface area contributed by atoms with Gasteiger partial charge in [-0.15, -0.1) is 0 Å². The quantitative estimate of drug-likeness (QED) is 0.324. The van der Waals surface area contributed by atoms with E-state index < -0.39 is 0 Å². The molecule has 1 heterocycles. The molecule has 5 heteroatoms. The number of rotatable bonds is 4. The third-order valence-electron chi connectivity index (χ3n) is 4.36. The van der Waals surface area contributed by atoms with Crippen molar-refractivity contribution in [3.8, 4) is 5.75 Å². The second kappa shape index (κ2) is 7.03. The van der Waals surface area contributed by atoms with E-state index in [2.05, 4.69) is 0 Å². The summed E-state index contributed by atoms with van der Waals surface area (Å²) in [6.45, 7) is 3.93. The van der Waals surface area contributed by atoms with Crippen molar-refractivity contribution in [2.24, 2.45) is 5.92 Å². The number of fused-ring (bicyclic) bond motifs is 1. The molecule has 2 aromatic carbocycles. The number of benzene rings is 2. The molecule has 0 aliphatic heterocycles. The van der Waals surface area contributed by atoms with E-state index in [0.29, 0.717) is 12.7 Å². The molecule has 0 radical (unpaired) electrons. The van der Waals surface area contributed by atoms with Crippen molar-refractivity contribution in [1.29, 1.82) is 0 Å². The predicted octanol–water partition coefficient (Wildman–Crippen LogP) is 5.97. The molecular formula is C19H16I2O3. The summed E-state index contributed by atoms with van der Waals surface area (Å²) in [7, 11) is 0. The molecule has 0 aliphatic carbocycles. The van der Waals surface area contributed by atoms with Crippen molar-refractivity contribution in [3.05, 3.63) is 60.9 Å². The van der Waals surface area contributed by atoms with Gasteiger partial charge in [0, 0.05) is 22.8 Å². The number of furan rings is 1. The largest absolute Gasteiger partial charge is 0.506 e. The zero-order chi connectivity index (χ0) is 17.4. The molecule has 2 atom stereocenters. The zero-order valence-electron chi connectivity index (χ0n) is 13.2. The van der Waals surface area contributed by atoms with Gasteiger partial charge in [0.25, 0.3) is 0 Å². The molecule has 1 N–H and O–H groups in total. The summed E-state index contributed by atoms with van der Waals surface area (Å²) in [5.41, 5.74) is 1.46. The molecule has 0 saturated heterocycles. The van der Waals surface area contributed by atoms with Crippen LogP contribution >= 0.6 is 45.2 Å². The smallest absolute Gasteiger partial charge is 0.166 e. The van der Waals surface area contributed by atoms with Crippen molar-refractivity contribution in [1.82, 2.24) is 0 Å². The first-order valence-corrected chi connectivity index (χ1v) is 9.75. The molecule has 24 heavy (non-hydrogen) atoms. The number of hydrogen-bond acceptors (Lipinski definition) is 3. The fourth-order valence-corrected chi connectivity index (χ4v) is 4.44.